The van der Waals surface area contributed by atoms with E-state index in [1.54, 1.807) is 24.3 Å². The van der Waals surface area contributed by atoms with E-state index in [-0.39, 0.29) is 12.1 Å². The monoisotopic (exact) mass is 245 g/mol. The Hall–Kier alpha value is -2.06. The zero-order chi connectivity index (χ0) is 12.8. The van der Waals surface area contributed by atoms with Crippen LogP contribution in [0.3, 0.4) is 0 Å². The molecule has 0 bridgehead atoms. The normalized spacial score (nSPS) is 18.1. The second-order valence-electron chi connectivity index (χ2n) is 4.13. The number of anilines is 1. The van der Waals surface area contributed by atoms with Crippen molar-refractivity contribution in [2.24, 2.45) is 0 Å². The molecule has 1 atom stereocenters. The topological polar surface area (TPSA) is 74.2 Å². The molecule has 1 heterocycles. The quantitative estimate of drug-likeness (QED) is 0.853. The van der Waals surface area contributed by atoms with Gasteiger partial charge in [0.15, 0.2) is 0 Å². The van der Waals surface area contributed by atoms with Gasteiger partial charge in [-0.05, 0) is 25.0 Å². The van der Waals surface area contributed by atoms with Crippen molar-refractivity contribution in [2.75, 3.05) is 18.5 Å². The summed E-state index contributed by atoms with van der Waals surface area (Å²) >= 11 is 0. The molecule has 1 aliphatic rings. The van der Waals surface area contributed by atoms with Gasteiger partial charge >= 0.3 is 6.03 Å². The van der Waals surface area contributed by atoms with Crippen molar-refractivity contribution in [3.8, 4) is 6.07 Å². The maximum absolute atomic E-state index is 11.7. The summed E-state index contributed by atoms with van der Waals surface area (Å²) in [6.07, 6.45) is 2.14. The Balaban J connectivity index is 1.85. The summed E-state index contributed by atoms with van der Waals surface area (Å²) in [6.45, 7) is 1.27. The van der Waals surface area contributed by atoms with Gasteiger partial charge in [-0.1, -0.05) is 12.1 Å². The van der Waals surface area contributed by atoms with Crippen molar-refractivity contribution in [1.82, 2.24) is 5.32 Å². The number of hydrogen-bond acceptors (Lipinski definition) is 3. The highest BCUT2D eigenvalue weighted by Gasteiger charge is 2.16. The minimum Gasteiger partial charge on any atom is -0.376 e. The molecule has 18 heavy (non-hydrogen) atoms. The van der Waals surface area contributed by atoms with E-state index >= 15 is 0 Å². The van der Waals surface area contributed by atoms with Gasteiger partial charge in [-0.2, -0.15) is 5.26 Å². The first-order valence-electron chi connectivity index (χ1n) is 5.95. The lowest BCUT2D eigenvalue weighted by Gasteiger charge is -2.12. The molecule has 5 nitrogen and oxygen atoms in total. The molecule has 1 aliphatic heterocycles. The zero-order valence-electron chi connectivity index (χ0n) is 9.98. The molecule has 1 aromatic rings. The SMILES string of the molecule is N#Cc1ccccc1NC(=O)NCC1CCCO1. The molecule has 1 fully saturated rings. The van der Waals surface area contributed by atoms with Crippen LogP contribution in [0.2, 0.25) is 0 Å². The van der Waals surface area contributed by atoms with Crippen LogP contribution in [0.5, 0.6) is 0 Å². The Morgan fingerprint density at radius 2 is 2.33 bits per heavy atom. The fourth-order valence-electron chi connectivity index (χ4n) is 1.87. The number of amides is 2. The third-order valence-electron chi connectivity index (χ3n) is 2.81. The summed E-state index contributed by atoms with van der Waals surface area (Å²) in [5.41, 5.74) is 0.967. The second-order valence-corrected chi connectivity index (χ2v) is 4.13. The molecule has 5 heteroatoms. The highest BCUT2D eigenvalue weighted by atomic mass is 16.5. The summed E-state index contributed by atoms with van der Waals surface area (Å²) in [4.78, 5) is 11.7. The first-order chi connectivity index (χ1) is 8.79. The highest BCUT2D eigenvalue weighted by Crippen LogP contribution is 2.13. The van der Waals surface area contributed by atoms with Crippen molar-refractivity contribution in [3.63, 3.8) is 0 Å². The summed E-state index contributed by atoms with van der Waals surface area (Å²) in [5, 5.41) is 14.3. The van der Waals surface area contributed by atoms with Gasteiger partial charge in [0, 0.05) is 13.2 Å². The number of nitrogens with zero attached hydrogens (tertiary/aromatic N) is 1. The molecule has 0 saturated carbocycles. The third-order valence-corrected chi connectivity index (χ3v) is 2.81. The summed E-state index contributed by atoms with van der Waals surface area (Å²) < 4.78 is 5.40. The predicted octanol–water partition coefficient (Wildman–Crippen LogP) is 1.86. The number of benzene rings is 1. The number of carbonyl (C=O) groups excluding carboxylic acids is 1. The van der Waals surface area contributed by atoms with Crippen LogP contribution in [0.25, 0.3) is 0 Å². The van der Waals surface area contributed by atoms with Crippen LogP contribution in [0, 0.1) is 11.3 Å². The van der Waals surface area contributed by atoms with Crippen molar-refractivity contribution in [1.29, 1.82) is 5.26 Å². The average Bonchev–Trinajstić information content (AvgIpc) is 2.90. The van der Waals surface area contributed by atoms with E-state index < -0.39 is 0 Å². The van der Waals surface area contributed by atoms with Crippen LogP contribution in [-0.2, 0) is 4.74 Å². The van der Waals surface area contributed by atoms with Gasteiger partial charge in [-0.3, -0.25) is 0 Å². The van der Waals surface area contributed by atoms with Gasteiger partial charge in [0.2, 0.25) is 0 Å². The van der Waals surface area contributed by atoms with Crippen LogP contribution in [0.15, 0.2) is 24.3 Å². The molecule has 2 N–H and O–H groups in total. The number of urea groups is 1. The first kappa shape index (κ1) is 12.4. The Morgan fingerprint density at radius 3 is 3.06 bits per heavy atom. The van der Waals surface area contributed by atoms with E-state index in [1.165, 1.54) is 0 Å². The van der Waals surface area contributed by atoms with Crippen molar-refractivity contribution in [3.05, 3.63) is 29.8 Å². The van der Waals surface area contributed by atoms with Crippen molar-refractivity contribution >= 4 is 11.7 Å². The molecule has 2 amide bonds. The predicted molar refractivity (Wildman–Crippen MR) is 67.2 cm³/mol. The Morgan fingerprint density at radius 1 is 1.50 bits per heavy atom. The fourth-order valence-corrected chi connectivity index (χ4v) is 1.87. The van der Waals surface area contributed by atoms with E-state index in [2.05, 4.69) is 10.6 Å². The van der Waals surface area contributed by atoms with E-state index in [4.69, 9.17) is 10.00 Å². The van der Waals surface area contributed by atoms with Gasteiger partial charge in [0.05, 0.1) is 17.4 Å². The minimum atomic E-state index is -0.312. The molecule has 0 aliphatic carbocycles. The molecule has 1 aromatic carbocycles. The number of rotatable bonds is 3. The standard InChI is InChI=1S/C13H15N3O2/c14-8-10-4-1-2-6-12(10)16-13(17)15-9-11-5-3-7-18-11/h1-2,4,6,11H,3,5,7,9H2,(H2,15,16,17). The fraction of sp³-hybridized carbons (Fsp3) is 0.385. The van der Waals surface area contributed by atoms with E-state index in [0.717, 1.165) is 19.4 Å². The molecule has 1 saturated heterocycles. The van der Waals surface area contributed by atoms with Crippen LogP contribution >= 0.6 is 0 Å². The van der Waals surface area contributed by atoms with Crippen LogP contribution in [-0.4, -0.2) is 25.3 Å². The smallest absolute Gasteiger partial charge is 0.319 e. The molecular weight excluding hydrogens is 230 g/mol. The lowest BCUT2D eigenvalue weighted by molar-refractivity contribution is 0.112. The highest BCUT2D eigenvalue weighted by molar-refractivity contribution is 5.90. The van der Waals surface area contributed by atoms with Crippen LogP contribution in [0.1, 0.15) is 18.4 Å². The lowest BCUT2D eigenvalue weighted by Crippen LogP contribution is -2.35. The molecule has 0 radical (unpaired) electrons. The van der Waals surface area contributed by atoms with Gasteiger partial charge in [0.1, 0.15) is 6.07 Å². The number of hydrogen-bond donors (Lipinski definition) is 2. The zero-order valence-corrected chi connectivity index (χ0v) is 9.98. The van der Waals surface area contributed by atoms with E-state index in [0.29, 0.717) is 17.8 Å². The van der Waals surface area contributed by atoms with Gasteiger partial charge < -0.3 is 15.4 Å². The molecule has 0 spiro atoms. The van der Waals surface area contributed by atoms with Gasteiger partial charge in [-0.25, -0.2) is 4.79 Å². The maximum atomic E-state index is 11.7. The van der Waals surface area contributed by atoms with Crippen LogP contribution in [0.4, 0.5) is 10.5 Å². The largest absolute Gasteiger partial charge is 0.376 e. The van der Waals surface area contributed by atoms with Crippen molar-refractivity contribution < 1.29 is 9.53 Å². The maximum Gasteiger partial charge on any atom is 0.319 e. The lowest BCUT2D eigenvalue weighted by atomic mass is 10.2. The summed E-state index contributed by atoms with van der Waals surface area (Å²) in [5.74, 6) is 0. The molecule has 94 valence electrons. The molecule has 1 unspecified atom stereocenters. The van der Waals surface area contributed by atoms with E-state index in [1.807, 2.05) is 6.07 Å². The Bertz CT molecular complexity index is 462. The van der Waals surface area contributed by atoms with E-state index in [9.17, 15) is 4.79 Å². The number of nitriles is 1. The number of carbonyl (C=O) groups is 1. The Labute approximate surface area is 106 Å². The summed E-state index contributed by atoms with van der Waals surface area (Å²) in [6, 6.07) is 8.61. The van der Waals surface area contributed by atoms with Gasteiger partial charge in [0.25, 0.3) is 0 Å². The van der Waals surface area contributed by atoms with Gasteiger partial charge in [-0.15, -0.1) is 0 Å². The first-order valence-corrected chi connectivity index (χ1v) is 5.95. The van der Waals surface area contributed by atoms with Crippen LogP contribution < -0.4 is 10.6 Å². The summed E-state index contributed by atoms with van der Waals surface area (Å²) in [7, 11) is 0. The average molecular weight is 245 g/mol. The molecule has 2 rings (SSSR count). The number of ether oxygens (including phenoxy) is 1. The number of para-hydroxylation sites is 1. The third kappa shape index (κ3) is 3.22. The number of nitrogens with one attached hydrogen (secondary N) is 2. The minimum absolute atomic E-state index is 0.113. The second kappa shape index (κ2) is 6.03. The van der Waals surface area contributed by atoms with Crippen molar-refractivity contribution in [2.45, 2.75) is 18.9 Å². The Kier molecular flexibility index (Phi) is 4.15. The molecule has 0 aromatic heterocycles. The molecular formula is C13H15N3O2.